The smallest absolute Gasteiger partial charge is 0.143 e. The van der Waals surface area contributed by atoms with Crippen LogP contribution < -0.4 is 0 Å². The van der Waals surface area contributed by atoms with E-state index in [1.165, 1.54) is 0 Å². The highest BCUT2D eigenvalue weighted by molar-refractivity contribution is 5.37. The third kappa shape index (κ3) is 1.13. The molecule has 2 atom stereocenters. The van der Waals surface area contributed by atoms with E-state index in [9.17, 15) is 5.11 Å². The Morgan fingerprint density at radius 1 is 1.38 bits per heavy atom. The van der Waals surface area contributed by atoms with Gasteiger partial charge in [-0.25, -0.2) is 0 Å². The summed E-state index contributed by atoms with van der Waals surface area (Å²) in [4.78, 5) is 0. The van der Waals surface area contributed by atoms with Crippen molar-refractivity contribution in [3.8, 4) is 0 Å². The molecule has 0 saturated heterocycles. The molecule has 0 aromatic rings. The first-order valence-electron chi connectivity index (χ1n) is 4.45. The SMILES string of the molecule is COC12C=CC=CC(C)(C=C1O)C2. The maximum atomic E-state index is 9.79. The number of fused-ring (bicyclic) bond motifs is 2. The van der Waals surface area contributed by atoms with Gasteiger partial charge in [0.15, 0.2) is 0 Å². The van der Waals surface area contributed by atoms with Crippen LogP contribution in [0, 0.1) is 5.41 Å². The van der Waals surface area contributed by atoms with Gasteiger partial charge >= 0.3 is 0 Å². The topological polar surface area (TPSA) is 29.5 Å². The van der Waals surface area contributed by atoms with E-state index in [2.05, 4.69) is 13.0 Å². The molecule has 1 N–H and O–H groups in total. The van der Waals surface area contributed by atoms with E-state index in [0.29, 0.717) is 5.76 Å². The summed E-state index contributed by atoms with van der Waals surface area (Å²) < 4.78 is 5.38. The lowest BCUT2D eigenvalue weighted by molar-refractivity contribution is 0.0236. The molecular weight excluding hydrogens is 164 g/mol. The molecule has 2 aliphatic carbocycles. The molecule has 0 heterocycles. The van der Waals surface area contributed by atoms with Crippen molar-refractivity contribution >= 4 is 0 Å². The quantitative estimate of drug-likeness (QED) is 0.667. The highest BCUT2D eigenvalue weighted by Gasteiger charge is 2.45. The van der Waals surface area contributed by atoms with E-state index < -0.39 is 5.60 Å². The lowest BCUT2D eigenvalue weighted by atomic mass is 9.87. The summed E-state index contributed by atoms with van der Waals surface area (Å²) in [5.74, 6) is 0.332. The fraction of sp³-hybridized carbons (Fsp3) is 0.455. The molecule has 0 aromatic carbocycles. The Morgan fingerprint density at radius 3 is 2.77 bits per heavy atom. The summed E-state index contributed by atoms with van der Waals surface area (Å²) in [5.41, 5.74) is -0.651. The second kappa shape index (κ2) is 2.48. The molecule has 0 spiro atoms. The molecule has 2 rings (SSSR count). The second-order valence-corrected chi connectivity index (χ2v) is 4.02. The molecule has 0 aromatic heterocycles. The van der Waals surface area contributed by atoms with Gasteiger partial charge in [-0.15, -0.1) is 0 Å². The predicted octanol–water partition coefficient (Wildman–Crippen LogP) is 2.35. The van der Waals surface area contributed by atoms with Gasteiger partial charge in [0.25, 0.3) is 0 Å². The standard InChI is InChI=1S/C11H14O2/c1-10-5-3-4-6-11(8-10,13-2)9(12)7-10/h3-7,12H,8H2,1-2H3. The number of methoxy groups -OCH3 is 1. The first-order valence-corrected chi connectivity index (χ1v) is 4.45. The Labute approximate surface area is 78.2 Å². The summed E-state index contributed by atoms with van der Waals surface area (Å²) in [6.45, 7) is 2.09. The van der Waals surface area contributed by atoms with E-state index in [1.54, 1.807) is 7.11 Å². The van der Waals surface area contributed by atoms with E-state index >= 15 is 0 Å². The van der Waals surface area contributed by atoms with E-state index in [-0.39, 0.29) is 5.41 Å². The normalized spacial score (nSPS) is 41.8. The molecule has 13 heavy (non-hydrogen) atoms. The van der Waals surface area contributed by atoms with Gasteiger partial charge in [-0.1, -0.05) is 25.2 Å². The highest BCUT2D eigenvalue weighted by Crippen LogP contribution is 2.46. The summed E-state index contributed by atoms with van der Waals surface area (Å²) in [6, 6.07) is 0. The van der Waals surface area contributed by atoms with Crippen LogP contribution in [0.15, 0.2) is 36.1 Å². The van der Waals surface area contributed by atoms with Crippen molar-refractivity contribution in [3.63, 3.8) is 0 Å². The molecule has 70 valence electrons. The monoisotopic (exact) mass is 178 g/mol. The fourth-order valence-electron chi connectivity index (χ4n) is 2.12. The van der Waals surface area contributed by atoms with Crippen molar-refractivity contribution in [2.75, 3.05) is 7.11 Å². The highest BCUT2D eigenvalue weighted by atomic mass is 16.5. The van der Waals surface area contributed by atoms with Gasteiger partial charge < -0.3 is 9.84 Å². The Kier molecular flexibility index (Phi) is 1.64. The molecule has 0 saturated carbocycles. The average Bonchev–Trinajstić information content (AvgIpc) is 2.25. The molecule has 0 amide bonds. The summed E-state index contributed by atoms with van der Waals surface area (Å²) in [6.07, 6.45) is 10.6. The van der Waals surface area contributed by atoms with Gasteiger partial charge in [0.05, 0.1) is 0 Å². The van der Waals surface area contributed by atoms with E-state index in [1.807, 2.05) is 24.3 Å². The minimum Gasteiger partial charge on any atom is -0.509 e. The number of aliphatic hydroxyl groups excluding tert-OH is 1. The third-order valence-electron chi connectivity index (χ3n) is 2.86. The maximum absolute atomic E-state index is 9.79. The van der Waals surface area contributed by atoms with Crippen LogP contribution in [-0.2, 0) is 4.74 Å². The Bertz CT molecular complexity index is 314. The molecule has 0 fully saturated rings. The first kappa shape index (κ1) is 8.57. The molecule has 2 bridgehead atoms. The van der Waals surface area contributed by atoms with Gasteiger partial charge in [0, 0.05) is 12.5 Å². The zero-order valence-corrected chi connectivity index (χ0v) is 7.95. The molecular formula is C11H14O2. The van der Waals surface area contributed by atoms with Crippen LogP contribution in [-0.4, -0.2) is 17.8 Å². The number of allylic oxidation sites excluding steroid dienone is 4. The second-order valence-electron chi connectivity index (χ2n) is 4.02. The zero-order valence-electron chi connectivity index (χ0n) is 7.95. The van der Waals surface area contributed by atoms with Crippen molar-refractivity contribution in [1.29, 1.82) is 0 Å². The minimum atomic E-state index is -0.585. The third-order valence-corrected chi connectivity index (χ3v) is 2.86. The summed E-state index contributed by atoms with van der Waals surface area (Å²) >= 11 is 0. The van der Waals surface area contributed by atoms with Crippen LogP contribution in [0.25, 0.3) is 0 Å². The lowest BCUT2D eigenvalue weighted by Gasteiger charge is -2.26. The summed E-state index contributed by atoms with van der Waals surface area (Å²) in [5, 5.41) is 9.79. The Balaban J connectivity index is 2.49. The lowest BCUT2D eigenvalue weighted by Crippen LogP contribution is -2.30. The van der Waals surface area contributed by atoms with Gasteiger partial charge in [0.1, 0.15) is 11.4 Å². The van der Waals surface area contributed by atoms with Crippen molar-refractivity contribution < 1.29 is 9.84 Å². The van der Waals surface area contributed by atoms with Crippen LogP contribution in [0.4, 0.5) is 0 Å². The summed E-state index contributed by atoms with van der Waals surface area (Å²) in [7, 11) is 1.63. The molecule has 0 aliphatic heterocycles. The number of ether oxygens (including phenoxy) is 1. The van der Waals surface area contributed by atoms with Crippen LogP contribution in [0.2, 0.25) is 0 Å². The van der Waals surface area contributed by atoms with Gasteiger partial charge in [-0.2, -0.15) is 0 Å². The number of aliphatic hydroxyl groups is 1. The Hall–Kier alpha value is -1.02. The molecule has 0 radical (unpaired) electrons. The van der Waals surface area contributed by atoms with Crippen LogP contribution in [0.1, 0.15) is 13.3 Å². The molecule has 2 unspecified atom stereocenters. The van der Waals surface area contributed by atoms with Crippen LogP contribution in [0.5, 0.6) is 0 Å². The van der Waals surface area contributed by atoms with Gasteiger partial charge in [-0.05, 0) is 18.6 Å². The molecule has 2 nitrogen and oxygen atoms in total. The zero-order chi connectivity index (χ0) is 9.53. The largest absolute Gasteiger partial charge is 0.509 e. The van der Waals surface area contributed by atoms with E-state index in [4.69, 9.17) is 4.74 Å². The maximum Gasteiger partial charge on any atom is 0.143 e. The number of rotatable bonds is 1. The predicted molar refractivity (Wildman–Crippen MR) is 51.5 cm³/mol. The van der Waals surface area contributed by atoms with Crippen molar-refractivity contribution in [2.45, 2.75) is 18.9 Å². The first-order chi connectivity index (χ1) is 6.10. The van der Waals surface area contributed by atoms with E-state index in [0.717, 1.165) is 6.42 Å². The molecule has 2 heteroatoms. The number of hydrogen-bond acceptors (Lipinski definition) is 2. The number of hydrogen-bond donors (Lipinski definition) is 1. The Morgan fingerprint density at radius 2 is 2.08 bits per heavy atom. The van der Waals surface area contributed by atoms with Crippen molar-refractivity contribution in [2.24, 2.45) is 5.41 Å². The van der Waals surface area contributed by atoms with Crippen LogP contribution >= 0.6 is 0 Å². The van der Waals surface area contributed by atoms with Crippen molar-refractivity contribution in [3.05, 3.63) is 36.1 Å². The fourth-order valence-corrected chi connectivity index (χ4v) is 2.12. The minimum absolute atomic E-state index is 0.0659. The molecule has 2 aliphatic rings. The van der Waals surface area contributed by atoms with Gasteiger partial charge in [-0.3, -0.25) is 0 Å². The average molecular weight is 178 g/mol. The van der Waals surface area contributed by atoms with Crippen LogP contribution in [0.3, 0.4) is 0 Å². The van der Waals surface area contributed by atoms with Gasteiger partial charge in [0.2, 0.25) is 0 Å². The van der Waals surface area contributed by atoms with Crippen molar-refractivity contribution in [1.82, 2.24) is 0 Å².